The Morgan fingerprint density at radius 2 is 1.42 bits per heavy atom. The summed E-state index contributed by atoms with van der Waals surface area (Å²) >= 11 is 3.42. The Morgan fingerprint density at radius 3 is 1.62 bits per heavy atom. The molecule has 158 valence electrons. The number of nitrogens with zero attached hydrogens (tertiary/aromatic N) is 2. The molecule has 3 aliphatic rings. The van der Waals surface area contributed by atoms with Gasteiger partial charge < -0.3 is 9.08 Å². The highest BCUT2D eigenvalue weighted by atomic mass is 32.1. The van der Waals surface area contributed by atoms with Crippen molar-refractivity contribution in [2.45, 2.75) is 91.5 Å². The molecule has 0 aromatic heterocycles. The minimum atomic E-state index is 0.205. The molecule has 2 saturated carbocycles. The molecule has 0 unspecified atom stereocenters. The third-order valence-electron chi connectivity index (χ3n) is 4.33. The molecule has 1 heterocycles. The number of thiol groups is 1. The van der Waals surface area contributed by atoms with Gasteiger partial charge in [-0.3, -0.25) is 0 Å². The Bertz CT molecular complexity index is 298. The lowest BCUT2D eigenvalue weighted by molar-refractivity contribution is -0.0118. The van der Waals surface area contributed by atoms with Crippen molar-refractivity contribution in [3.05, 3.63) is 12.3 Å². The monoisotopic (exact) mass is 392 g/mol. The lowest BCUT2D eigenvalue weighted by Gasteiger charge is -2.27. The first-order chi connectivity index (χ1) is 12.4. The van der Waals surface area contributed by atoms with Crippen LogP contribution in [0.4, 0.5) is 4.48 Å². The van der Waals surface area contributed by atoms with Crippen molar-refractivity contribution >= 4 is 12.9 Å². The van der Waals surface area contributed by atoms with E-state index in [9.17, 15) is 4.48 Å². The zero-order chi connectivity index (χ0) is 20.4. The van der Waals surface area contributed by atoms with Crippen molar-refractivity contribution in [3.63, 3.8) is 0 Å². The fourth-order valence-electron chi connectivity index (χ4n) is 2.47. The molecule has 3 nitrogen and oxygen atoms in total. The summed E-state index contributed by atoms with van der Waals surface area (Å²) in [5, 5.41) is 0.867. The number of hydrogen-bond acceptors (Lipinski definition) is 4. The molecule has 0 aromatic rings. The fraction of sp³-hybridized carbons (Fsp3) is 0.905. The van der Waals surface area contributed by atoms with Crippen LogP contribution < -0.4 is 0 Å². The molecule has 26 heavy (non-hydrogen) atoms. The van der Waals surface area contributed by atoms with Crippen LogP contribution in [0, 0.1) is 5.92 Å². The van der Waals surface area contributed by atoms with Crippen LogP contribution in [0.1, 0.15) is 85.5 Å². The highest BCUT2D eigenvalue weighted by molar-refractivity contribution is 7.75. The van der Waals surface area contributed by atoms with E-state index in [0.29, 0.717) is 5.76 Å². The molecule has 1 saturated heterocycles. The van der Waals surface area contributed by atoms with E-state index >= 15 is 0 Å². The van der Waals surface area contributed by atoms with Crippen LogP contribution in [0.2, 0.25) is 0 Å². The molecular weight excluding hydrogens is 347 g/mol. The van der Waals surface area contributed by atoms with Gasteiger partial charge in [0.15, 0.2) is 0 Å². The largest absolute Gasteiger partial charge is 0.434 e. The Hall–Kier alpha value is -0.260. The lowest BCUT2D eigenvalue weighted by atomic mass is 9.87. The Labute approximate surface area is 168 Å². The third-order valence-corrected chi connectivity index (χ3v) is 4.64. The van der Waals surface area contributed by atoms with E-state index in [2.05, 4.69) is 42.5 Å². The standard InChI is InChI=1S/C8H16FN.C5H11N.C3H6OS.C3H6.C2H6/c1-7-3-5-8(6-4-7)10(2)9;1-6-4-2-3-5-6;1-3(2)4-5;1-2-3-1;1-2/h7-8H,3-6H2,1-2H3;2-5H2,1H3;5H,1H2,2H3;1-3H2;1-2H3. The molecule has 3 fully saturated rings. The average molecular weight is 393 g/mol. The second kappa shape index (κ2) is 19.5. The van der Waals surface area contributed by atoms with Crippen molar-refractivity contribution in [1.29, 1.82) is 0 Å². The van der Waals surface area contributed by atoms with Crippen molar-refractivity contribution in [1.82, 2.24) is 10.0 Å². The summed E-state index contributed by atoms with van der Waals surface area (Å²) in [5.74, 6) is 1.43. The van der Waals surface area contributed by atoms with E-state index in [0.717, 1.165) is 23.9 Å². The molecular formula is C21H45FN2OS. The van der Waals surface area contributed by atoms with Crippen molar-refractivity contribution in [3.8, 4) is 0 Å². The summed E-state index contributed by atoms with van der Waals surface area (Å²) < 4.78 is 16.8. The van der Waals surface area contributed by atoms with Crippen LogP contribution >= 0.6 is 12.9 Å². The number of rotatable bonds is 2. The summed E-state index contributed by atoms with van der Waals surface area (Å²) in [7, 11) is 3.70. The second-order valence-corrected chi connectivity index (χ2v) is 7.49. The predicted molar refractivity (Wildman–Crippen MR) is 117 cm³/mol. The highest BCUT2D eigenvalue weighted by Gasteiger charge is 2.21. The average Bonchev–Trinajstić information content (AvgIpc) is 3.45. The molecule has 0 bridgehead atoms. The lowest BCUT2D eigenvalue weighted by Crippen LogP contribution is -2.28. The summed E-state index contributed by atoms with van der Waals surface area (Å²) in [6.07, 6.45) is 11.8. The van der Waals surface area contributed by atoms with Gasteiger partial charge in [-0.05, 0) is 71.5 Å². The quantitative estimate of drug-likeness (QED) is 0.244. The summed E-state index contributed by atoms with van der Waals surface area (Å²) in [4.78, 5) is 2.36. The fourth-order valence-corrected chi connectivity index (χ4v) is 2.47. The number of halogens is 1. The van der Waals surface area contributed by atoms with Crippen LogP contribution in [0.5, 0.6) is 0 Å². The summed E-state index contributed by atoms with van der Waals surface area (Å²) in [5.41, 5.74) is 0. The van der Waals surface area contributed by atoms with Gasteiger partial charge in [0.1, 0.15) is 5.76 Å². The maximum atomic E-state index is 12.5. The maximum Gasteiger partial charge on any atom is 0.103 e. The topological polar surface area (TPSA) is 15.7 Å². The van der Waals surface area contributed by atoms with Gasteiger partial charge in [0.2, 0.25) is 0 Å². The van der Waals surface area contributed by atoms with E-state index in [1.54, 1.807) is 6.92 Å². The zero-order valence-corrected chi connectivity index (χ0v) is 19.2. The molecule has 1 aliphatic heterocycles. The maximum absolute atomic E-state index is 12.5. The molecule has 2 aliphatic carbocycles. The predicted octanol–water partition coefficient (Wildman–Crippen LogP) is 6.67. The third kappa shape index (κ3) is 21.8. The van der Waals surface area contributed by atoms with Gasteiger partial charge in [-0.2, -0.15) is 0 Å². The first-order valence-corrected chi connectivity index (χ1v) is 10.8. The van der Waals surface area contributed by atoms with Crippen molar-refractivity contribution in [2.24, 2.45) is 5.92 Å². The van der Waals surface area contributed by atoms with Gasteiger partial charge in [-0.1, -0.05) is 46.6 Å². The Balaban J connectivity index is 0. The first-order valence-electron chi connectivity index (χ1n) is 10.4. The second-order valence-electron chi connectivity index (χ2n) is 7.30. The van der Waals surface area contributed by atoms with Crippen LogP contribution in [0.15, 0.2) is 12.3 Å². The number of likely N-dealkylation sites (tertiary alicyclic amines) is 1. The van der Waals surface area contributed by atoms with E-state index < -0.39 is 0 Å². The van der Waals surface area contributed by atoms with E-state index in [4.69, 9.17) is 0 Å². The molecule has 0 amide bonds. The minimum Gasteiger partial charge on any atom is -0.434 e. The van der Waals surface area contributed by atoms with Gasteiger partial charge in [-0.15, -0.1) is 9.60 Å². The zero-order valence-electron chi connectivity index (χ0n) is 18.3. The minimum absolute atomic E-state index is 0.205. The summed E-state index contributed by atoms with van der Waals surface area (Å²) in [6, 6.07) is 0.205. The number of allylic oxidation sites excluding steroid dienone is 1. The molecule has 0 spiro atoms. The van der Waals surface area contributed by atoms with Gasteiger partial charge in [0, 0.05) is 26.0 Å². The van der Waals surface area contributed by atoms with Crippen molar-refractivity contribution < 1.29 is 8.66 Å². The number of hydrogen-bond donors (Lipinski definition) is 1. The van der Waals surface area contributed by atoms with E-state index in [1.807, 2.05) is 13.8 Å². The molecule has 0 N–H and O–H groups in total. The Morgan fingerprint density at radius 1 is 1.04 bits per heavy atom. The van der Waals surface area contributed by atoms with Crippen LogP contribution in [-0.4, -0.2) is 43.2 Å². The highest BCUT2D eigenvalue weighted by Crippen LogP contribution is 2.26. The molecule has 3 rings (SSSR count). The van der Waals surface area contributed by atoms with Gasteiger partial charge in [0.05, 0.1) is 0 Å². The summed E-state index contributed by atoms with van der Waals surface area (Å²) in [6.45, 7) is 14.0. The van der Waals surface area contributed by atoms with Crippen LogP contribution in [-0.2, 0) is 4.18 Å². The first kappa shape index (κ1) is 28.0. The molecule has 0 radical (unpaired) electrons. The molecule has 5 heteroatoms. The van der Waals surface area contributed by atoms with Gasteiger partial charge in [-0.25, -0.2) is 0 Å². The van der Waals surface area contributed by atoms with E-state index in [1.165, 1.54) is 65.1 Å². The SMILES string of the molecule is C1CC1.C=C(C)OS.CC.CC1CCC(N(C)F)CC1.CN1CCCC1. The van der Waals surface area contributed by atoms with Crippen LogP contribution in [0.3, 0.4) is 0 Å². The Kier molecular flexibility index (Phi) is 21.0. The van der Waals surface area contributed by atoms with Gasteiger partial charge >= 0.3 is 0 Å². The molecule has 0 aromatic carbocycles. The normalized spacial score (nSPS) is 23.6. The van der Waals surface area contributed by atoms with Crippen molar-refractivity contribution in [2.75, 3.05) is 27.2 Å². The van der Waals surface area contributed by atoms with Crippen LogP contribution in [0.25, 0.3) is 0 Å². The smallest absolute Gasteiger partial charge is 0.103 e. The van der Waals surface area contributed by atoms with E-state index in [-0.39, 0.29) is 6.04 Å². The van der Waals surface area contributed by atoms with Gasteiger partial charge in [0.25, 0.3) is 0 Å². The molecule has 0 atom stereocenters.